The molecule has 0 spiro atoms. The van der Waals surface area contributed by atoms with E-state index in [1.165, 1.54) is 6.42 Å². The number of halogens is 1. The molecule has 0 bridgehead atoms. The molecule has 1 unspecified atom stereocenters. The first kappa shape index (κ1) is 15.8. The van der Waals surface area contributed by atoms with Crippen LogP contribution in [-0.2, 0) is 4.79 Å². The second-order valence-corrected chi connectivity index (χ2v) is 6.29. The van der Waals surface area contributed by atoms with Crippen LogP contribution in [0, 0.1) is 11.3 Å². The number of carbonyl (C=O) groups is 1. The number of hydrogen-bond acceptors (Lipinski definition) is 2. The monoisotopic (exact) mass is 274 g/mol. The van der Waals surface area contributed by atoms with E-state index >= 15 is 0 Å². The summed E-state index contributed by atoms with van der Waals surface area (Å²) >= 11 is 0. The highest BCUT2D eigenvalue weighted by molar-refractivity contribution is 5.85. The Morgan fingerprint density at radius 2 is 2.11 bits per heavy atom. The fourth-order valence-electron chi connectivity index (χ4n) is 3.40. The van der Waals surface area contributed by atoms with Crippen LogP contribution in [0.15, 0.2) is 0 Å². The lowest BCUT2D eigenvalue weighted by Gasteiger charge is -2.45. The summed E-state index contributed by atoms with van der Waals surface area (Å²) in [7, 11) is 2.00. The molecule has 1 heterocycles. The van der Waals surface area contributed by atoms with Crippen molar-refractivity contribution in [3.8, 4) is 0 Å². The quantitative estimate of drug-likeness (QED) is 0.854. The summed E-state index contributed by atoms with van der Waals surface area (Å²) in [5.41, 5.74) is -0.00843. The van der Waals surface area contributed by atoms with E-state index in [1.54, 1.807) is 0 Å². The van der Waals surface area contributed by atoms with Crippen LogP contribution in [0.4, 0.5) is 0 Å². The van der Waals surface area contributed by atoms with E-state index in [9.17, 15) is 4.79 Å². The molecule has 18 heavy (non-hydrogen) atoms. The van der Waals surface area contributed by atoms with Crippen LogP contribution in [-0.4, -0.2) is 37.0 Å². The highest BCUT2D eigenvalue weighted by Crippen LogP contribution is 2.47. The largest absolute Gasteiger partial charge is 0.341 e. The van der Waals surface area contributed by atoms with E-state index in [2.05, 4.69) is 19.2 Å². The summed E-state index contributed by atoms with van der Waals surface area (Å²) < 4.78 is 0. The van der Waals surface area contributed by atoms with Gasteiger partial charge < -0.3 is 10.2 Å². The Morgan fingerprint density at radius 1 is 1.44 bits per heavy atom. The van der Waals surface area contributed by atoms with Gasteiger partial charge in [0.1, 0.15) is 0 Å². The molecule has 1 aliphatic carbocycles. The first-order chi connectivity index (χ1) is 8.05. The van der Waals surface area contributed by atoms with Crippen molar-refractivity contribution in [1.29, 1.82) is 0 Å². The van der Waals surface area contributed by atoms with Crippen molar-refractivity contribution in [1.82, 2.24) is 10.2 Å². The second kappa shape index (κ2) is 6.25. The predicted octanol–water partition coefficient (Wildman–Crippen LogP) is 2.44. The zero-order valence-corrected chi connectivity index (χ0v) is 12.7. The van der Waals surface area contributed by atoms with E-state index in [-0.39, 0.29) is 17.8 Å². The van der Waals surface area contributed by atoms with Gasteiger partial charge in [0, 0.05) is 25.0 Å². The highest BCUT2D eigenvalue weighted by Gasteiger charge is 2.46. The lowest BCUT2D eigenvalue weighted by Crippen LogP contribution is -2.51. The fraction of sp³-hybridized carbons (Fsp3) is 0.929. The molecule has 2 aliphatic rings. The Morgan fingerprint density at radius 3 is 2.50 bits per heavy atom. The molecule has 0 aromatic heterocycles. The Kier molecular flexibility index (Phi) is 5.47. The number of nitrogens with zero attached hydrogens (tertiary/aromatic N) is 1. The molecule has 1 atom stereocenters. The van der Waals surface area contributed by atoms with Gasteiger partial charge in [-0.2, -0.15) is 0 Å². The lowest BCUT2D eigenvalue weighted by molar-refractivity contribution is -0.149. The maximum absolute atomic E-state index is 12.7. The fourth-order valence-corrected chi connectivity index (χ4v) is 3.40. The van der Waals surface area contributed by atoms with E-state index in [0.717, 1.165) is 38.8 Å². The summed E-state index contributed by atoms with van der Waals surface area (Å²) in [4.78, 5) is 14.7. The molecule has 2 rings (SSSR count). The molecule has 0 aromatic rings. The van der Waals surface area contributed by atoms with Gasteiger partial charge in [-0.15, -0.1) is 12.4 Å². The minimum Gasteiger partial charge on any atom is -0.341 e. The standard InChI is InChI=1S/C14H26N2O.ClH/c1-11(2)9-14(6-4-7-14)13(17)16(3)12-5-8-15-10-12;/h11-12,15H,4-10H2,1-3H3;1H. The van der Waals surface area contributed by atoms with Crippen molar-refractivity contribution >= 4 is 18.3 Å². The van der Waals surface area contributed by atoms with Gasteiger partial charge in [0.05, 0.1) is 0 Å². The zero-order chi connectivity index (χ0) is 12.5. The molecule has 106 valence electrons. The van der Waals surface area contributed by atoms with Gasteiger partial charge in [0.25, 0.3) is 0 Å². The number of carbonyl (C=O) groups excluding carboxylic acids is 1. The molecule has 0 radical (unpaired) electrons. The smallest absolute Gasteiger partial charge is 0.228 e. The highest BCUT2D eigenvalue weighted by atomic mass is 35.5. The third-order valence-electron chi connectivity index (χ3n) is 4.47. The van der Waals surface area contributed by atoms with Gasteiger partial charge in [-0.3, -0.25) is 4.79 Å². The van der Waals surface area contributed by atoms with E-state index in [4.69, 9.17) is 0 Å². The average Bonchev–Trinajstić information content (AvgIpc) is 2.74. The molecular weight excluding hydrogens is 248 g/mol. The average molecular weight is 275 g/mol. The Bertz CT molecular complexity index is 284. The molecule has 2 fully saturated rings. The number of hydrogen-bond donors (Lipinski definition) is 1. The Balaban J connectivity index is 0.00000162. The molecule has 1 amide bonds. The third kappa shape index (κ3) is 3.00. The topological polar surface area (TPSA) is 32.3 Å². The number of amides is 1. The normalized spacial score (nSPS) is 25.4. The summed E-state index contributed by atoms with van der Waals surface area (Å²) in [5.74, 6) is 1.03. The maximum atomic E-state index is 12.7. The molecule has 3 nitrogen and oxygen atoms in total. The molecule has 1 saturated heterocycles. The first-order valence-corrected chi connectivity index (χ1v) is 7.03. The van der Waals surface area contributed by atoms with Crippen molar-refractivity contribution in [3.63, 3.8) is 0 Å². The molecule has 1 N–H and O–H groups in total. The zero-order valence-electron chi connectivity index (χ0n) is 11.9. The van der Waals surface area contributed by atoms with Crippen LogP contribution in [0.1, 0.15) is 46.0 Å². The maximum Gasteiger partial charge on any atom is 0.228 e. The molecule has 1 saturated carbocycles. The minimum absolute atomic E-state index is 0. The van der Waals surface area contributed by atoms with Crippen molar-refractivity contribution in [3.05, 3.63) is 0 Å². The summed E-state index contributed by atoms with van der Waals surface area (Å²) in [5, 5.41) is 3.34. The van der Waals surface area contributed by atoms with E-state index < -0.39 is 0 Å². The van der Waals surface area contributed by atoms with Crippen LogP contribution in [0.25, 0.3) is 0 Å². The van der Waals surface area contributed by atoms with E-state index in [1.807, 2.05) is 11.9 Å². The predicted molar refractivity (Wildman–Crippen MR) is 77.0 cm³/mol. The van der Waals surface area contributed by atoms with Crippen LogP contribution in [0.3, 0.4) is 0 Å². The number of likely N-dealkylation sites (N-methyl/N-ethyl adjacent to an activating group) is 1. The summed E-state index contributed by atoms with van der Waals surface area (Å²) in [6.07, 6.45) is 5.62. The van der Waals surface area contributed by atoms with E-state index in [0.29, 0.717) is 17.9 Å². The SMILES string of the molecule is CC(C)CC1(C(=O)N(C)C2CCNC2)CCC1.Cl. The Hall–Kier alpha value is -0.280. The summed E-state index contributed by atoms with van der Waals surface area (Å²) in [6, 6.07) is 0.423. The van der Waals surface area contributed by atoms with Crippen LogP contribution in [0.5, 0.6) is 0 Å². The molecule has 0 aromatic carbocycles. The molecule has 4 heteroatoms. The van der Waals surface area contributed by atoms with Crippen LogP contribution in [0.2, 0.25) is 0 Å². The van der Waals surface area contributed by atoms with Gasteiger partial charge in [-0.25, -0.2) is 0 Å². The molecular formula is C14H27ClN2O. The van der Waals surface area contributed by atoms with Crippen molar-refractivity contribution in [2.24, 2.45) is 11.3 Å². The van der Waals surface area contributed by atoms with Gasteiger partial charge in [0.15, 0.2) is 0 Å². The second-order valence-electron chi connectivity index (χ2n) is 6.29. The molecule has 1 aliphatic heterocycles. The van der Waals surface area contributed by atoms with Gasteiger partial charge in [0.2, 0.25) is 5.91 Å². The Labute approximate surface area is 117 Å². The minimum atomic E-state index is -0.00843. The van der Waals surface area contributed by atoms with Gasteiger partial charge in [-0.1, -0.05) is 20.3 Å². The first-order valence-electron chi connectivity index (χ1n) is 7.03. The van der Waals surface area contributed by atoms with Crippen molar-refractivity contribution < 1.29 is 4.79 Å². The van der Waals surface area contributed by atoms with Gasteiger partial charge in [-0.05, 0) is 38.1 Å². The number of rotatable bonds is 4. The summed E-state index contributed by atoms with van der Waals surface area (Å²) in [6.45, 7) is 6.48. The van der Waals surface area contributed by atoms with Crippen LogP contribution < -0.4 is 5.32 Å². The van der Waals surface area contributed by atoms with Crippen molar-refractivity contribution in [2.45, 2.75) is 52.0 Å². The third-order valence-corrected chi connectivity index (χ3v) is 4.47. The van der Waals surface area contributed by atoms with Crippen molar-refractivity contribution in [2.75, 3.05) is 20.1 Å². The van der Waals surface area contributed by atoms with Crippen LogP contribution >= 0.6 is 12.4 Å². The van der Waals surface area contributed by atoms with Gasteiger partial charge >= 0.3 is 0 Å². The lowest BCUT2D eigenvalue weighted by atomic mass is 9.63. The number of nitrogens with one attached hydrogen (secondary N) is 1.